The summed E-state index contributed by atoms with van der Waals surface area (Å²) in [6.45, 7) is -0.325. The van der Waals surface area contributed by atoms with Crippen molar-refractivity contribution in [2.24, 2.45) is 0 Å². The molecule has 114 valence electrons. The molecule has 2 rings (SSSR count). The Balaban J connectivity index is 1.83. The van der Waals surface area contributed by atoms with Gasteiger partial charge in [0.25, 0.3) is 5.89 Å². The number of nitrogens with zero attached hydrogens (tertiary/aromatic N) is 2. The van der Waals surface area contributed by atoms with Crippen molar-refractivity contribution in [3.63, 3.8) is 0 Å². The fourth-order valence-corrected chi connectivity index (χ4v) is 1.97. The fourth-order valence-electron chi connectivity index (χ4n) is 1.97. The highest BCUT2D eigenvalue weighted by Gasteiger charge is 2.37. The Hall–Kier alpha value is -1.19. The number of ether oxygens (including phenoxy) is 1. The van der Waals surface area contributed by atoms with Crippen LogP contribution in [-0.4, -0.2) is 47.7 Å². The Morgan fingerprint density at radius 3 is 2.90 bits per heavy atom. The molecular weight excluding hydrogens is 279 g/mol. The number of nitrogens with one attached hydrogen (secondary N) is 1. The minimum Gasteiger partial charge on any atom is -0.379 e. The van der Waals surface area contributed by atoms with E-state index in [1.54, 1.807) is 0 Å². The highest BCUT2D eigenvalue weighted by molar-refractivity contribution is 5.02. The number of hydrogen-bond donors (Lipinski definition) is 2. The van der Waals surface area contributed by atoms with Crippen LogP contribution in [0, 0.1) is 0 Å². The van der Waals surface area contributed by atoms with E-state index in [0.29, 0.717) is 13.0 Å². The van der Waals surface area contributed by atoms with Crippen molar-refractivity contribution in [2.75, 3.05) is 26.3 Å². The maximum Gasteiger partial charge on any atom is 0.411 e. The summed E-state index contributed by atoms with van der Waals surface area (Å²) in [5.41, 5.74) is -1.20. The second-order valence-electron chi connectivity index (χ2n) is 4.75. The summed E-state index contributed by atoms with van der Waals surface area (Å²) in [7, 11) is 0. The smallest absolute Gasteiger partial charge is 0.379 e. The molecule has 2 N–H and O–H groups in total. The van der Waals surface area contributed by atoms with Crippen LogP contribution in [0.3, 0.4) is 0 Å². The van der Waals surface area contributed by atoms with Crippen molar-refractivity contribution >= 4 is 0 Å². The molecule has 6 nitrogen and oxygen atoms in total. The molecule has 1 aliphatic rings. The van der Waals surface area contributed by atoms with E-state index in [4.69, 9.17) is 4.52 Å². The molecule has 0 saturated carbocycles. The van der Waals surface area contributed by atoms with Gasteiger partial charge in [0, 0.05) is 13.0 Å². The van der Waals surface area contributed by atoms with Gasteiger partial charge in [-0.2, -0.15) is 18.2 Å². The van der Waals surface area contributed by atoms with Crippen LogP contribution in [0.15, 0.2) is 4.52 Å². The van der Waals surface area contributed by atoms with Crippen molar-refractivity contribution in [3.05, 3.63) is 11.7 Å². The van der Waals surface area contributed by atoms with E-state index in [-0.39, 0.29) is 24.7 Å². The molecule has 0 radical (unpaired) electrons. The molecule has 1 aromatic rings. The third kappa shape index (κ3) is 4.15. The predicted molar refractivity (Wildman–Crippen MR) is 60.9 cm³/mol. The number of halogens is 3. The van der Waals surface area contributed by atoms with Gasteiger partial charge in [0.2, 0.25) is 0 Å². The lowest BCUT2D eigenvalue weighted by Gasteiger charge is -2.28. The summed E-state index contributed by atoms with van der Waals surface area (Å²) in [5.74, 6) is 0.316. The van der Waals surface area contributed by atoms with Gasteiger partial charge in [0.15, 0.2) is 11.4 Å². The molecule has 1 unspecified atom stereocenters. The van der Waals surface area contributed by atoms with Gasteiger partial charge in [0.1, 0.15) is 6.61 Å². The first-order valence-electron chi connectivity index (χ1n) is 6.30. The zero-order chi connectivity index (χ0) is 14.6. The molecular formula is C11H16F3N3O3. The molecule has 2 heterocycles. The lowest BCUT2D eigenvalue weighted by Crippen LogP contribution is -2.43. The van der Waals surface area contributed by atoms with Crippen molar-refractivity contribution in [2.45, 2.75) is 31.0 Å². The van der Waals surface area contributed by atoms with Crippen LogP contribution in [0.25, 0.3) is 0 Å². The second-order valence-corrected chi connectivity index (χ2v) is 4.75. The Bertz CT molecular complexity index is 430. The fraction of sp³-hybridized carbons (Fsp3) is 0.818. The van der Waals surface area contributed by atoms with Crippen LogP contribution < -0.4 is 5.32 Å². The van der Waals surface area contributed by atoms with Crippen LogP contribution in [0.2, 0.25) is 0 Å². The number of piperidine rings is 1. The SMILES string of the molecule is OC1(c2nc(CCOCC(F)(F)F)no2)CCCNC1. The summed E-state index contributed by atoms with van der Waals surface area (Å²) in [5, 5.41) is 17.0. The summed E-state index contributed by atoms with van der Waals surface area (Å²) in [6.07, 6.45) is -2.95. The van der Waals surface area contributed by atoms with Gasteiger partial charge < -0.3 is 19.7 Å². The number of alkyl halides is 3. The summed E-state index contributed by atoms with van der Waals surface area (Å²) in [6, 6.07) is 0. The van der Waals surface area contributed by atoms with Crippen LogP contribution in [0.1, 0.15) is 24.6 Å². The maximum atomic E-state index is 11.9. The molecule has 1 atom stereocenters. The van der Waals surface area contributed by atoms with E-state index in [1.807, 2.05) is 0 Å². The van der Waals surface area contributed by atoms with Crippen LogP contribution in [-0.2, 0) is 16.8 Å². The molecule has 1 fully saturated rings. The highest BCUT2D eigenvalue weighted by atomic mass is 19.4. The molecule has 0 bridgehead atoms. The topological polar surface area (TPSA) is 80.4 Å². The van der Waals surface area contributed by atoms with Crippen molar-refractivity contribution < 1.29 is 27.5 Å². The largest absolute Gasteiger partial charge is 0.411 e. The molecule has 0 amide bonds. The van der Waals surface area contributed by atoms with E-state index in [1.165, 1.54) is 0 Å². The van der Waals surface area contributed by atoms with E-state index >= 15 is 0 Å². The standard InChI is InChI=1S/C11H16F3N3O3/c12-11(13,14)7-19-5-2-8-16-9(20-17-8)10(18)3-1-4-15-6-10/h15,18H,1-7H2. The van der Waals surface area contributed by atoms with Gasteiger partial charge in [-0.05, 0) is 19.4 Å². The normalized spacial score (nSPS) is 24.0. The van der Waals surface area contributed by atoms with Gasteiger partial charge in [-0.3, -0.25) is 0 Å². The number of aliphatic hydroxyl groups is 1. The van der Waals surface area contributed by atoms with Crippen molar-refractivity contribution in [3.8, 4) is 0 Å². The van der Waals surface area contributed by atoms with Gasteiger partial charge in [0.05, 0.1) is 6.61 Å². The minimum absolute atomic E-state index is 0.0931. The molecule has 0 spiro atoms. The lowest BCUT2D eigenvalue weighted by molar-refractivity contribution is -0.173. The van der Waals surface area contributed by atoms with Crippen LogP contribution in [0.4, 0.5) is 13.2 Å². The first-order chi connectivity index (χ1) is 9.39. The number of β-amino-alcohol motifs (C(OH)–C–C–N with tert-alkyl or cyclic N) is 1. The Morgan fingerprint density at radius 2 is 2.25 bits per heavy atom. The third-order valence-corrected chi connectivity index (χ3v) is 2.96. The molecule has 20 heavy (non-hydrogen) atoms. The lowest BCUT2D eigenvalue weighted by atomic mass is 9.94. The maximum absolute atomic E-state index is 11.9. The summed E-state index contributed by atoms with van der Waals surface area (Å²) < 4.78 is 45.0. The monoisotopic (exact) mass is 295 g/mol. The van der Waals surface area contributed by atoms with E-state index < -0.39 is 18.4 Å². The molecule has 0 aromatic carbocycles. The van der Waals surface area contributed by atoms with Crippen LogP contribution >= 0.6 is 0 Å². The minimum atomic E-state index is -4.34. The second kappa shape index (κ2) is 6.06. The average Bonchev–Trinajstić information content (AvgIpc) is 2.84. The number of aromatic nitrogens is 2. The molecule has 9 heteroatoms. The average molecular weight is 295 g/mol. The Kier molecular flexibility index (Phi) is 4.61. The Morgan fingerprint density at radius 1 is 1.45 bits per heavy atom. The van der Waals surface area contributed by atoms with Gasteiger partial charge in [-0.25, -0.2) is 0 Å². The van der Waals surface area contributed by atoms with Gasteiger partial charge in [-0.1, -0.05) is 5.16 Å². The third-order valence-electron chi connectivity index (χ3n) is 2.96. The molecule has 1 aromatic heterocycles. The van der Waals surface area contributed by atoms with Gasteiger partial charge in [-0.15, -0.1) is 0 Å². The molecule has 1 aliphatic heterocycles. The zero-order valence-electron chi connectivity index (χ0n) is 10.7. The quantitative estimate of drug-likeness (QED) is 0.781. The Labute approximate surface area is 113 Å². The van der Waals surface area contributed by atoms with Crippen molar-refractivity contribution in [1.82, 2.24) is 15.5 Å². The molecule has 0 aliphatic carbocycles. The summed E-state index contributed by atoms with van der Waals surface area (Å²) in [4.78, 5) is 4.01. The first kappa shape index (κ1) is 15.2. The molecule has 1 saturated heterocycles. The first-order valence-corrected chi connectivity index (χ1v) is 6.30. The van der Waals surface area contributed by atoms with E-state index in [9.17, 15) is 18.3 Å². The highest BCUT2D eigenvalue weighted by Crippen LogP contribution is 2.26. The number of rotatable bonds is 5. The van der Waals surface area contributed by atoms with Crippen LogP contribution in [0.5, 0.6) is 0 Å². The number of hydrogen-bond acceptors (Lipinski definition) is 6. The zero-order valence-corrected chi connectivity index (χ0v) is 10.7. The van der Waals surface area contributed by atoms with Gasteiger partial charge >= 0.3 is 6.18 Å². The van der Waals surface area contributed by atoms with Crippen molar-refractivity contribution in [1.29, 1.82) is 0 Å². The van der Waals surface area contributed by atoms with E-state index in [0.717, 1.165) is 13.0 Å². The summed E-state index contributed by atoms with van der Waals surface area (Å²) >= 11 is 0. The predicted octanol–water partition coefficient (Wildman–Crippen LogP) is 0.762. The van der Waals surface area contributed by atoms with E-state index in [2.05, 4.69) is 20.2 Å².